The number of nitrogens with one attached hydrogen (secondary N) is 3. The second kappa shape index (κ2) is 8.81. The van der Waals surface area contributed by atoms with Crippen LogP contribution in [0.5, 0.6) is 5.75 Å². The Balaban J connectivity index is 1.57. The molecule has 29 heavy (non-hydrogen) atoms. The first-order chi connectivity index (χ1) is 13.8. The number of phenolic OH excluding ortho intramolecular Hbond substituents is 1. The fraction of sp³-hybridized carbons (Fsp3) is 0.350. The molecular formula is C20H27N4O4S+. The molecule has 0 aromatic heterocycles. The summed E-state index contributed by atoms with van der Waals surface area (Å²) in [6.45, 7) is 5.05. The van der Waals surface area contributed by atoms with Crippen LogP contribution in [0.25, 0.3) is 0 Å². The molecule has 1 fully saturated rings. The Morgan fingerprint density at radius 3 is 2.52 bits per heavy atom. The summed E-state index contributed by atoms with van der Waals surface area (Å²) in [7, 11) is -2.22. The average Bonchev–Trinajstić information content (AvgIpc) is 2.70. The van der Waals surface area contributed by atoms with Crippen molar-refractivity contribution in [2.45, 2.75) is 11.8 Å². The monoisotopic (exact) mass is 419 g/mol. The molecule has 0 saturated carbocycles. The molecule has 8 nitrogen and oxygen atoms in total. The van der Waals surface area contributed by atoms with Gasteiger partial charge >= 0.3 is 0 Å². The molecule has 1 aliphatic rings. The van der Waals surface area contributed by atoms with Crippen LogP contribution < -0.4 is 19.8 Å². The lowest BCUT2D eigenvalue weighted by Crippen LogP contribution is -3.15. The van der Waals surface area contributed by atoms with Crippen LogP contribution in [0.1, 0.15) is 5.56 Å². The van der Waals surface area contributed by atoms with E-state index in [0.717, 1.165) is 36.8 Å². The van der Waals surface area contributed by atoms with Crippen molar-refractivity contribution in [3.8, 4) is 5.75 Å². The van der Waals surface area contributed by atoms with E-state index in [0.29, 0.717) is 17.8 Å². The third kappa shape index (κ3) is 5.06. The van der Waals surface area contributed by atoms with Crippen molar-refractivity contribution in [3.63, 3.8) is 0 Å². The molecule has 9 heteroatoms. The summed E-state index contributed by atoms with van der Waals surface area (Å²) in [5.41, 5.74) is 1.89. The van der Waals surface area contributed by atoms with Gasteiger partial charge in [-0.1, -0.05) is 18.2 Å². The summed E-state index contributed by atoms with van der Waals surface area (Å²) in [6, 6.07) is 12.1. The Morgan fingerprint density at radius 2 is 1.86 bits per heavy atom. The first-order valence-electron chi connectivity index (χ1n) is 9.50. The van der Waals surface area contributed by atoms with Crippen molar-refractivity contribution in [1.29, 1.82) is 0 Å². The number of benzene rings is 2. The highest BCUT2D eigenvalue weighted by molar-refractivity contribution is 7.89. The highest BCUT2D eigenvalue weighted by Crippen LogP contribution is 2.26. The van der Waals surface area contributed by atoms with Gasteiger partial charge in [0.1, 0.15) is 5.75 Å². The maximum Gasteiger partial charge on any atom is 0.279 e. The molecule has 0 atom stereocenters. The molecule has 156 valence electrons. The Morgan fingerprint density at radius 1 is 1.17 bits per heavy atom. The topological polar surface area (TPSA) is 103 Å². The molecule has 0 aliphatic carbocycles. The fourth-order valence-corrected chi connectivity index (χ4v) is 4.48. The van der Waals surface area contributed by atoms with Crippen LogP contribution in [0.15, 0.2) is 47.4 Å². The van der Waals surface area contributed by atoms with Gasteiger partial charge in [0.05, 0.1) is 36.8 Å². The van der Waals surface area contributed by atoms with E-state index in [9.17, 15) is 18.3 Å². The van der Waals surface area contributed by atoms with E-state index < -0.39 is 10.0 Å². The Hall–Kier alpha value is -2.62. The van der Waals surface area contributed by atoms with Gasteiger partial charge in [-0.15, -0.1) is 0 Å². The molecule has 0 unspecified atom stereocenters. The third-order valence-electron chi connectivity index (χ3n) is 5.13. The number of rotatable bonds is 6. The number of hydrogen-bond acceptors (Lipinski definition) is 5. The Bertz CT molecular complexity index is 986. The van der Waals surface area contributed by atoms with Gasteiger partial charge in [0.15, 0.2) is 6.54 Å². The van der Waals surface area contributed by atoms with E-state index in [-0.39, 0.29) is 16.6 Å². The smallest absolute Gasteiger partial charge is 0.279 e. The zero-order valence-electron chi connectivity index (χ0n) is 16.6. The predicted octanol–water partition coefficient (Wildman–Crippen LogP) is -0.0477. The number of quaternary nitrogens is 1. The van der Waals surface area contributed by atoms with Crippen molar-refractivity contribution >= 4 is 27.3 Å². The van der Waals surface area contributed by atoms with E-state index >= 15 is 0 Å². The van der Waals surface area contributed by atoms with Gasteiger partial charge in [-0.05, 0) is 43.8 Å². The van der Waals surface area contributed by atoms with Crippen molar-refractivity contribution in [2.75, 3.05) is 50.0 Å². The van der Waals surface area contributed by atoms with E-state index in [2.05, 4.69) is 14.9 Å². The first-order valence-corrected chi connectivity index (χ1v) is 11.0. The summed E-state index contributed by atoms with van der Waals surface area (Å²) in [4.78, 5) is 15.9. The number of anilines is 2. The summed E-state index contributed by atoms with van der Waals surface area (Å²) >= 11 is 0. The number of nitrogens with zero attached hydrogens (tertiary/aromatic N) is 1. The van der Waals surface area contributed by atoms with Crippen molar-refractivity contribution in [3.05, 3.63) is 48.0 Å². The second-order valence-corrected chi connectivity index (χ2v) is 8.99. The number of aromatic hydroxyl groups is 1. The maximum absolute atomic E-state index is 12.5. The minimum absolute atomic E-state index is 0.154. The highest BCUT2D eigenvalue weighted by atomic mass is 32.2. The van der Waals surface area contributed by atoms with Crippen LogP contribution in [0.3, 0.4) is 0 Å². The number of para-hydroxylation sites is 2. The van der Waals surface area contributed by atoms with Crippen LogP contribution in [0.4, 0.5) is 11.4 Å². The molecule has 2 aromatic carbocycles. The van der Waals surface area contributed by atoms with Crippen LogP contribution in [0.2, 0.25) is 0 Å². The number of amides is 1. The van der Waals surface area contributed by atoms with Gasteiger partial charge in [-0.3, -0.25) is 4.79 Å². The highest BCUT2D eigenvalue weighted by Gasteiger charge is 2.24. The lowest BCUT2D eigenvalue weighted by Gasteiger charge is -2.33. The maximum atomic E-state index is 12.5. The number of carbonyl (C=O) groups is 1. The number of piperazine rings is 1. The van der Waals surface area contributed by atoms with E-state index in [4.69, 9.17) is 0 Å². The predicted molar refractivity (Wildman–Crippen MR) is 112 cm³/mol. The van der Waals surface area contributed by atoms with Gasteiger partial charge in [-0.25, -0.2) is 13.1 Å². The number of sulfonamides is 1. The minimum Gasteiger partial charge on any atom is -0.506 e. The minimum atomic E-state index is -3.58. The number of aryl methyl sites for hydroxylation is 1. The van der Waals surface area contributed by atoms with Gasteiger partial charge in [0, 0.05) is 5.69 Å². The lowest BCUT2D eigenvalue weighted by atomic mass is 10.2. The molecule has 1 aliphatic heterocycles. The second-order valence-electron chi connectivity index (χ2n) is 7.14. The molecule has 3 rings (SSSR count). The zero-order valence-corrected chi connectivity index (χ0v) is 17.4. The molecule has 0 bridgehead atoms. The Kier molecular flexibility index (Phi) is 6.41. The number of phenols is 1. The quantitative estimate of drug-likeness (QED) is 0.526. The Labute approximate surface area is 171 Å². The zero-order chi connectivity index (χ0) is 21.0. The van der Waals surface area contributed by atoms with Crippen molar-refractivity contribution in [2.24, 2.45) is 0 Å². The fourth-order valence-electron chi connectivity index (χ4n) is 3.48. The molecule has 1 saturated heterocycles. The van der Waals surface area contributed by atoms with Gasteiger partial charge in [0.2, 0.25) is 10.0 Å². The molecule has 4 N–H and O–H groups in total. The van der Waals surface area contributed by atoms with Crippen LogP contribution in [-0.2, 0) is 14.8 Å². The van der Waals surface area contributed by atoms with Crippen molar-refractivity contribution < 1.29 is 23.2 Å². The van der Waals surface area contributed by atoms with Crippen LogP contribution >= 0.6 is 0 Å². The number of hydrogen-bond donors (Lipinski definition) is 4. The van der Waals surface area contributed by atoms with E-state index in [1.54, 1.807) is 31.2 Å². The van der Waals surface area contributed by atoms with Crippen LogP contribution in [-0.4, -0.2) is 59.2 Å². The molecule has 1 heterocycles. The molecule has 0 radical (unpaired) electrons. The summed E-state index contributed by atoms with van der Waals surface area (Å²) in [5, 5.41) is 12.8. The van der Waals surface area contributed by atoms with Gasteiger partial charge < -0.3 is 20.2 Å². The average molecular weight is 420 g/mol. The van der Waals surface area contributed by atoms with Crippen LogP contribution in [0, 0.1) is 6.92 Å². The molecular weight excluding hydrogens is 392 g/mol. The summed E-state index contributed by atoms with van der Waals surface area (Å²) < 4.78 is 26.5. The molecule has 2 aromatic rings. The largest absolute Gasteiger partial charge is 0.506 e. The van der Waals surface area contributed by atoms with E-state index in [1.807, 2.05) is 12.1 Å². The van der Waals surface area contributed by atoms with Crippen molar-refractivity contribution in [1.82, 2.24) is 4.72 Å². The number of carbonyl (C=O) groups excluding carboxylic acids is 1. The third-order valence-corrected chi connectivity index (χ3v) is 6.69. The summed E-state index contributed by atoms with van der Waals surface area (Å²) in [6.07, 6.45) is 0. The molecule has 0 spiro atoms. The first kappa shape index (κ1) is 21.1. The normalized spacial score (nSPS) is 15.3. The summed E-state index contributed by atoms with van der Waals surface area (Å²) in [5.74, 6) is 0.105. The SMILES string of the molecule is CNS(=O)(=O)c1cc(NC(=O)C[NH+]2CCN(c3ccccc3O)CC2)ccc1C. The standard InChI is InChI=1S/C20H26N4O4S/c1-15-7-8-16(13-19(15)29(27,28)21-2)22-20(26)14-23-9-11-24(12-10-23)17-5-3-4-6-18(17)25/h3-8,13,21,25H,9-12,14H2,1-2H3,(H,22,26)/p+1. The lowest BCUT2D eigenvalue weighted by molar-refractivity contribution is -0.892. The molecule has 1 amide bonds. The van der Waals surface area contributed by atoms with Gasteiger partial charge in [0.25, 0.3) is 5.91 Å². The van der Waals surface area contributed by atoms with E-state index in [1.165, 1.54) is 13.1 Å². The van der Waals surface area contributed by atoms with Gasteiger partial charge in [-0.2, -0.15) is 0 Å².